The molecular formula is C14H22N4O3. The number of hydrogen-bond acceptors (Lipinski definition) is 5. The average Bonchev–Trinajstić information content (AvgIpc) is 2.54. The molecule has 0 atom stereocenters. The molecule has 2 rings (SSSR count). The van der Waals surface area contributed by atoms with Crippen LogP contribution in [0.2, 0.25) is 0 Å². The van der Waals surface area contributed by atoms with E-state index in [9.17, 15) is 4.79 Å². The van der Waals surface area contributed by atoms with Gasteiger partial charge in [-0.05, 0) is 6.07 Å². The van der Waals surface area contributed by atoms with Crippen molar-refractivity contribution in [3.63, 3.8) is 0 Å². The van der Waals surface area contributed by atoms with E-state index in [1.54, 1.807) is 13.3 Å². The zero-order valence-corrected chi connectivity index (χ0v) is 12.3. The van der Waals surface area contributed by atoms with Crippen molar-refractivity contribution in [2.24, 2.45) is 0 Å². The lowest BCUT2D eigenvalue weighted by atomic mass is 10.2. The molecule has 0 radical (unpaired) electrons. The molecule has 116 valence electrons. The molecule has 1 fully saturated rings. The predicted molar refractivity (Wildman–Crippen MR) is 79.4 cm³/mol. The van der Waals surface area contributed by atoms with E-state index in [-0.39, 0.29) is 6.03 Å². The number of rotatable bonds is 6. The summed E-state index contributed by atoms with van der Waals surface area (Å²) in [5.74, 6) is 0.915. The highest BCUT2D eigenvalue weighted by Gasteiger charge is 2.15. The molecule has 1 aromatic heterocycles. The van der Waals surface area contributed by atoms with Gasteiger partial charge in [0, 0.05) is 45.0 Å². The quantitative estimate of drug-likeness (QED) is 0.741. The number of nitrogens with one attached hydrogen (secondary N) is 2. The van der Waals surface area contributed by atoms with E-state index in [0.29, 0.717) is 32.9 Å². The van der Waals surface area contributed by atoms with E-state index < -0.39 is 0 Å². The predicted octanol–water partition coefficient (Wildman–Crippen LogP) is 0.364. The van der Waals surface area contributed by atoms with E-state index in [2.05, 4.69) is 20.5 Å². The first kappa shape index (κ1) is 15.5. The zero-order valence-electron chi connectivity index (χ0n) is 12.3. The Kier molecular flexibility index (Phi) is 6.23. The molecular weight excluding hydrogens is 272 g/mol. The van der Waals surface area contributed by atoms with Crippen molar-refractivity contribution in [1.82, 2.24) is 15.6 Å². The minimum atomic E-state index is -0.205. The summed E-state index contributed by atoms with van der Waals surface area (Å²) in [4.78, 5) is 18.3. The number of pyridine rings is 1. The number of morpholine rings is 1. The molecule has 0 spiro atoms. The van der Waals surface area contributed by atoms with Crippen molar-refractivity contribution in [1.29, 1.82) is 0 Å². The third-order valence-corrected chi connectivity index (χ3v) is 3.21. The Morgan fingerprint density at radius 1 is 1.43 bits per heavy atom. The van der Waals surface area contributed by atoms with Crippen LogP contribution in [0.5, 0.6) is 0 Å². The fourth-order valence-electron chi connectivity index (χ4n) is 2.13. The molecule has 2 heterocycles. The molecule has 7 nitrogen and oxygen atoms in total. The Morgan fingerprint density at radius 3 is 3.00 bits per heavy atom. The van der Waals surface area contributed by atoms with Crippen molar-refractivity contribution in [3.8, 4) is 0 Å². The van der Waals surface area contributed by atoms with Crippen molar-refractivity contribution < 1.29 is 14.3 Å². The van der Waals surface area contributed by atoms with Gasteiger partial charge in [-0.3, -0.25) is 0 Å². The van der Waals surface area contributed by atoms with Crippen LogP contribution in [0.4, 0.5) is 10.6 Å². The second kappa shape index (κ2) is 8.43. The monoisotopic (exact) mass is 294 g/mol. The molecule has 1 aliphatic heterocycles. The standard InChI is InChI=1S/C14H22N4O3/c1-20-8-5-16-14(19)17-11-12-3-2-4-15-13(12)18-6-9-21-10-7-18/h2-4H,5-11H2,1H3,(H2,16,17,19). The van der Waals surface area contributed by atoms with Gasteiger partial charge >= 0.3 is 6.03 Å². The topological polar surface area (TPSA) is 75.7 Å². The Hall–Kier alpha value is -1.86. The maximum atomic E-state index is 11.6. The molecule has 7 heteroatoms. The van der Waals surface area contributed by atoms with Crippen LogP contribution in [0, 0.1) is 0 Å². The second-order valence-electron chi connectivity index (χ2n) is 4.69. The van der Waals surface area contributed by atoms with Crippen LogP contribution >= 0.6 is 0 Å². The van der Waals surface area contributed by atoms with Crippen LogP contribution in [-0.2, 0) is 16.0 Å². The summed E-state index contributed by atoms with van der Waals surface area (Å²) in [6.07, 6.45) is 1.77. The zero-order chi connectivity index (χ0) is 14.9. The molecule has 2 N–H and O–H groups in total. The molecule has 2 amide bonds. The number of aromatic nitrogens is 1. The lowest BCUT2D eigenvalue weighted by molar-refractivity contribution is 0.122. The summed E-state index contributed by atoms with van der Waals surface area (Å²) in [5, 5.41) is 5.56. The molecule has 0 aliphatic carbocycles. The number of hydrogen-bond donors (Lipinski definition) is 2. The number of carbonyl (C=O) groups is 1. The van der Waals surface area contributed by atoms with Crippen LogP contribution in [-0.4, -0.2) is 57.6 Å². The van der Waals surface area contributed by atoms with Crippen molar-refractivity contribution in [3.05, 3.63) is 23.9 Å². The van der Waals surface area contributed by atoms with Gasteiger partial charge in [0.15, 0.2) is 0 Å². The molecule has 1 saturated heterocycles. The van der Waals surface area contributed by atoms with Crippen LogP contribution in [0.15, 0.2) is 18.3 Å². The maximum Gasteiger partial charge on any atom is 0.315 e. The molecule has 0 bridgehead atoms. The number of ether oxygens (including phenoxy) is 2. The van der Waals surface area contributed by atoms with Gasteiger partial charge in [-0.15, -0.1) is 0 Å². The summed E-state index contributed by atoms with van der Waals surface area (Å²) in [7, 11) is 1.60. The highest BCUT2D eigenvalue weighted by Crippen LogP contribution is 2.18. The summed E-state index contributed by atoms with van der Waals surface area (Å²) in [5.41, 5.74) is 1.00. The number of urea groups is 1. The van der Waals surface area contributed by atoms with E-state index in [1.165, 1.54) is 0 Å². The number of carbonyl (C=O) groups excluding carboxylic acids is 1. The van der Waals surface area contributed by atoms with Gasteiger partial charge in [-0.1, -0.05) is 6.07 Å². The van der Waals surface area contributed by atoms with E-state index >= 15 is 0 Å². The maximum absolute atomic E-state index is 11.6. The van der Waals surface area contributed by atoms with Crippen LogP contribution in [0.1, 0.15) is 5.56 Å². The number of anilines is 1. The first-order chi connectivity index (χ1) is 10.3. The Bertz CT molecular complexity index is 450. The highest BCUT2D eigenvalue weighted by atomic mass is 16.5. The van der Waals surface area contributed by atoms with Crippen LogP contribution < -0.4 is 15.5 Å². The SMILES string of the molecule is COCCNC(=O)NCc1cccnc1N1CCOCC1. The Balaban J connectivity index is 1.89. The molecule has 0 unspecified atom stereocenters. The van der Waals surface area contributed by atoms with Crippen LogP contribution in [0.25, 0.3) is 0 Å². The van der Waals surface area contributed by atoms with E-state index in [4.69, 9.17) is 9.47 Å². The summed E-state index contributed by atoms with van der Waals surface area (Å²) >= 11 is 0. The third kappa shape index (κ3) is 4.87. The minimum Gasteiger partial charge on any atom is -0.383 e. The van der Waals surface area contributed by atoms with E-state index in [1.807, 2.05) is 12.1 Å². The lowest BCUT2D eigenvalue weighted by Crippen LogP contribution is -2.39. The molecule has 1 aliphatic rings. The smallest absolute Gasteiger partial charge is 0.315 e. The first-order valence-electron chi connectivity index (χ1n) is 7.08. The fraction of sp³-hybridized carbons (Fsp3) is 0.571. The molecule has 21 heavy (non-hydrogen) atoms. The largest absolute Gasteiger partial charge is 0.383 e. The lowest BCUT2D eigenvalue weighted by Gasteiger charge is -2.29. The van der Waals surface area contributed by atoms with Gasteiger partial charge < -0.3 is 25.0 Å². The van der Waals surface area contributed by atoms with Gasteiger partial charge in [0.25, 0.3) is 0 Å². The third-order valence-electron chi connectivity index (χ3n) is 3.21. The van der Waals surface area contributed by atoms with E-state index in [0.717, 1.165) is 24.5 Å². The highest BCUT2D eigenvalue weighted by molar-refractivity contribution is 5.74. The summed E-state index contributed by atoms with van der Waals surface area (Å²) in [6.45, 7) is 4.50. The number of nitrogens with zero attached hydrogens (tertiary/aromatic N) is 2. The minimum absolute atomic E-state index is 0.205. The molecule has 0 saturated carbocycles. The van der Waals surface area contributed by atoms with Crippen molar-refractivity contribution in [2.75, 3.05) is 51.5 Å². The van der Waals surface area contributed by atoms with Gasteiger partial charge in [0.2, 0.25) is 0 Å². The fourth-order valence-corrected chi connectivity index (χ4v) is 2.13. The normalized spacial score (nSPS) is 14.8. The summed E-state index contributed by atoms with van der Waals surface area (Å²) in [6, 6.07) is 3.65. The van der Waals surface area contributed by atoms with Gasteiger partial charge in [0.05, 0.1) is 19.8 Å². The Labute approximate surface area is 124 Å². The second-order valence-corrected chi connectivity index (χ2v) is 4.69. The van der Waals surface area contributed by atoms with Gasteiger partial charge in [-0.25, -0.2) is 9.78 Å². The molecule has 1 aromatic rings. The summed E-state index contributed by atoms with van der Waals surface area (Å²) < 4.78 is 10.2. The number of amides is 2. The first-order valence-corrected chi connectivity index (χ1v) is 7.08. The van der Waals surface area contributed by atoms with Crippen molar-refractivity contribution in [2.45, 2.75) is 6.54 Å². The van der Waals surface area contributed by atoms with Crippen LogP contribution in [0.3, 0.4) is 0 Å². The van der Waals surface area contributed by atoms with Gasteiger partial charge in [0.1, 0.15) is 5.82 Å². The number of methoxy groups -OCH3 is 1. The van der Waals surface area contributed by atoms with Gasteiger partial charge in [-0.2, -0.15) is 0 Å². The average molecular weight is 294 g/mol. The van der Waals surface area contributed by atoms with Crippen molar-refractivity contribution >= 4 is 11.8 Å². The molecule has 0 aromatic carbocycles. The Morgan fingerprint density at radius 2 is 2.24 bits per heavy atom.